The predicted molar refractivity (Wildman–Crippen MR) is 138 cm³/mol. The molecule has 7 heteroatoms. The minimum atomic E-state index is 0.344. The number of hydrogen-bond acceptors (Lipinski definition) is 6. The number of H-pyrrole nitrogens is 1. The summed E-state index contributed by atoms with van der Waals surface area (Å²) in [5.74, 6) is 2.01. The van der Waals surface area contributed by atoms with Crippen molar-refractivity contribution < 1.29 is 9.94 Å². The highest BCUT2D eigenvalue weighted by atomic mass is 16.5. The zero-order valence-corrected chi connectivity index (χ0v) is 20.2. The summed E-state index contributed by atoms with van der Waals surface area (Å²) in [5.41, 5.74) is 9.99. The van der Waals surface area contributed by atoms with E-state index in [0.717, 1.165) is 59.0 Å². The Kier molecular flexibility index (Phi) is 6.90. The first-order valence-electron chi connectivity index (χ1n) is 12.0. The number of fused-ring (bicyclic) bond motifs is 1. The molecule has 1 unspecified atom stereocenters. The van der Waals surface area contributed by atoms with E-state index >= 15 is 0 Å². The third-order valence-electron chi connectivity index (χ3n) is 6.56. The van der Waals surface area contributed by atoms with Crippen LogP contribution in [-0.2, 0) is 6.42 Å². The molecule has 0 bridgehead atoms. The summed E-state index contributed by atoms with van der Waals surface area (Å²) in [7, 11) is 4.07. The molecule has 1 atom stereocenters. The van der Waals surface area contributed by atoms with Crippen molar-refractivity contribution in [3.63, 3.8) is 0 Å². The molecule has 35 heavy (non-hydrogen) atoms. The van der Waals surface area contributed by atoms with Crippen LogP contribution in [0.5, 0.6) is 5.75 Å². The summed E-state index contributed by atoms with van der Waals surface area (Å²) in [6.07, 6.45) is 5.65. The van der Waals surface area contributed by atoms with Gasteiger partial charge in [0.05, 0.1) is 11.4 Å². The SMILES string of the molecule is CN(C)CCOc1ccc(-c2nc(-c3ccc4c(c3)CCC4CNO)c(-c3ccncc3)[nH]2)cc1. The van der Waals surface area contributed by atoms with Crippen molar-refractivity contribution in [3.8, 4) is 39.7 Å². The van der Waals surface area contributed by atoms with Crippen molar-refractivity contribution in [1.82, 2.24) is 25.3 Å². The van der Waals surface area contributed by atoms with Crippen molar-refractivity contribution in [2.24, 2.45) is 0 Å². The van der Waals surface area contributed by atoms with E-state index in [1.807, 2.05) is 50.5 Å². The Labute approximate surface area is 205 Å². The summed E-state index contributed by atoms with van der Waals surface area (Å²) in [4.78, 5) is 14.9. The molecule has 5 rings (SSSR count). The molecule has 0 saturated heterocycles. The lowest BCUT2D eigenvalue weighted by atomic mass is 9.98. The smallest absolute Gasteiger partial charge is 0.138 e. The predicted octanol–water partition coefficient (Wildman–Crippen LogP) is 4.75. The van der Waals surface area contributed by atoms with Crippen LogP contribution in [0.2, 0.25) is 0 Å². The quantitative estimate of drug-likeness (QED) is 0.307. The molecule has 0 fully saturated rings. The number of nitrogens with zero attached hydrogens (tertiary/aromatic N) is 3. The van der Waals surface area contributed by atoms with E-state index < -0.39 is 0 Å². The van der Waals surface area contributed by atoms with E-state index in [9.17, 15) is 0 Å². The van der Waals surface area contributed by atoms with Crippen molar-refractivity contribution in [2.45, 2.75) is 18.8 Å². The van der Waals surface area contributed by atoms with Gasteiger partial charge in [0.2, 0.25) is 0 Å². The minimum absolute atomic E-state index is 0.344. The van der Waals surface area contributed by atoms with Crippen LogP contribution < -0.4 is 10.2 Å². The first-order valence-corrected chi connectivity index (χ1v) is 12.0. The number of nitrogens with one attached hydrogen (secondary N) is 2. The largest absolute Gasteiger partial charge is 0.492 e. The van der Waals surface area contributed by atoms with Gasteiger partial charge in [-0.2, -0.15) is 0 Å². The van der Waals surface area contributed by atoms with Crippen molar-refractivity contribution >= 4 is 0 Å². The van der Waals surface area contributed by atoms with Gasteiger partial charge in [0.15, 0.2) is 0 Å². The van der Waals surface area contributed by atoms with E-state index in [1.165, 1.54) is 11.1 Å². The van der Waals surface area contributed by atoms with Gasteiger partial charge >= 0.3 is 0 Å². The van der Waals surface area contributed by atoms with Crippen molar-refractivity contribution in [1.29, 1.82) is 0 Å². The molecule has 180 valence electrons. The molecule has 0 saturated carbocycles. The van der Waals surface area contributed by atoms with Crippen LogP contribution in [0.3, 0.4) is 0 Å². The highest BCUT2D eigenvalue weighted by molar-refractivity contribution is 5.81. The van der Waals surface area contributed by atoms with Crippen LogP contribution in [0.15, 0.2) is 67.0 Å². The average Bonchev–Trinajstić information content (AvgIpc) is 3.50. The lowest BCUT2D eigenvalue weighted by Crippen LogP contribution is -2.19. The third kappa shape index (κ3) is 5.12. The van der Waals surface area contributed by atoms with Gasteiger partial charge in [-0.25, -0.2) is 10.5 Å². The highest BCUT2D eigenvalue weighted by Gasteiger charge is 2.24. The van der Waals surface area contributed by atoms with E-state index in [2.05, 4.69) is 38.5 Å². The minimum Gasteiger partial charge on any atom is -0.492 e. The Balaban J connectivity index is 1.48. The topological polar surface area (TPSA) is 86.3 Å². The molecule has 0 amide bonds. The molecule has 7 nitrogen and oxygen atoms in total. The van der Waals surface area contributed by atoms with Crippen LogP contribution >= 0.6 is 0 Å². The van der Waals surface area contributed by atoms with Crippen LogP contribution in [-0.4, -0.2) is 58.9 Å². The summed E-state index contributed by atoms with van der Waals surface area (Å²) in [6, 6.07) is 18.6. The normalized spacial score (nSPS) is 14.9. The fourth-order valence-corrected chi connectivity index (χ4v) is 4.68. The summed E-state index contributed by atoms with van der Waals surface area (Å²) in [6.45, 7) is 2.10. The maximum absolute atomic E-state index is 9.16. The maximum atomic E-state index is 9.16. The molecule has 2 heterocycles. The van der Waals surface area contributed by atoms with Crippen LogP contribution in [0, 0.1) is 0 Å². The second-order valence-electron chi connectivity index (χ2n) is 9.23. The number of aromatic amines is 1. The molecule has 0 radical (unpaired) electrons. The first-order chi connectivity index (χ1) is 17.1. The van der Waals surface area contributed by atoms with Gasteiger partial charge in [0, 0.05) is 42.2 Å². The van der Waals surface area contributed by atoms with E-state index in [1.54, 1.807) is 12.4 Å². The fraction of sp³-hybridized carbons (Fsp3) is 0.286. The molecule has 4 aromatic rings. The van der Waals surface area contributed by atoms with E-state index in [-0.39, 0.29) is 0 Å². The molecular formula is C28H31N5O2. The standard InChI is InChI=1S/C28H31N5O2/c1-33(2)15-16-35-24-8-5-20(6-9-24)28-31-26(19-11-13-29-14-12-19)27(32-28)22-7-10-25-21(17-22)3-4-23(25)18-30-34/h5-14,17,23,30,34H,3-4,15-16,18H2,1-2H3,(H,31,32). The molecule has 0 aliphatic heterocycles. The Bertz CT molecular complexity index is 1270. The Morgan fingerprint density at radius 2 is 1.80 bits per heavy atom. The summed E-state index contributed by atoms with van der Waals surface area (Å²) < 4.78 is 5.84. The molecule has 2 aromatic carbocycles. The van der Waals surface area contributed by atoms with Gasteiger partial charge < -0.3 is 19.8 Å². The Morgan fingerprint density at radius 1 is 1.03 bits per heavy atom. The zero-order valence-electron chi connectivity index (χ0n) is 20.2. The van der Waals surface area contributed by atoms with E-state index in [4.69, 9.17) is 14.9 Å². The number of likely N-dealkylation sites (N-methyl/N-ethyl adjacent to an activating group) is 1. The third-order valence-corrected chi connectivity index (χ3v) is 6.56. The van der Waals surface area contributed by atoms with E-state index in [0.29, 0.717) is 19.1 Å². The second kappa shape index (κ2) is 10.4. The average molecular weight is 470 g/mol. The van der Waals surface area contributed by atoms with Gasteiger partial charge in [0.25, 0.3) is 0 Å². The van der Waals surface area contributed by atoms with Crippen molar-refractivity contribution in [3.05, 3.63) is 78.1 Å². The summed E-state index contributed by atoms with van der Waals surface area (Å²) >= 11 is 0. The number of imidazole rings is 1. The molecule has 1 aliphatic rings. The lowest BCUT2D eigenvalue weighted by Gasteiger charge is -2.11. The number of ether oxygens (including phenoxy) is 1. The first kappa shape index (κ1) is 23.2. The van der Waals surface area contributed by atoms with Gasteiger partial charge in [-0.3, -0.25) is 4.98 Å². The number of benzene rings is 2. The maximum Gasteiger partial charge on any atom is 0.138 e. The van der Waals surface area contributed by atoms with Crippen LogP contribution in [0.25, 0.3) is 33.9 Å². The fourth-order valence-electron chi connectivity index (χ4n) is 4.68. The number of pyridine rings is 1. The van der Waals surface area contributed by atoms with Crippen LogP contribution in [0.4, 0.5) is 0 Å². The van der Waals surface area contributed by atoms with Crippen LogP contribution in [0.1, 0.15) is 23.5 Å². The number of aromatic nitrogens is 3. The molecular weight excluding hydrogens is 438 g/mol. The van der Waals surface area contributed by atoms with Crippen molar-refractivity contribution in [2.75, 3.05) is 33.8 Å². The number of hydroxylamine groups is 1. The number of aryl methyl sites for hydroxylation is 1. The van der Waals surface area contributed by atoms with Gasteiger partial charge in [-0.15, -0.1) is 0 Å². The molecule has 3 N–H and O–H groups in total. The molecule has 2 aromatic heterocycles. The highest BCUT2D eigenvalue weighted by Crippen LogP contribution is 2.38. The monoisotopic (exact) mass is 469 g/mol. The molecule has 0 spiro atoms. The number of rotatable bonds is 9. The zero-order chi connectivity index (χ0) is 24.2. The lowest BCUT2D eigenvalue weighted by molar-refractivity contribution is 0.159. The Morgan fingerprint density at radius 3 is 2.54 bits per heavy atom. The summed E-state index contributed by atoms with van der Waals surface area (Å²) in [5, 5.41) is 9.16. The van der Waals surface area contributed by atoms with Gasteiger partial charge in [0.1, 0.15) is 18.2 Å². The second-order valence-corrected chi connectivity index (χ2v) is 9.23. The molecule has 1 aliphatic carbocycles. The van der Waals surface area contributed by atoms with Gasteiger partial charge in [-0.1, -0.05) is 12.1 Å². The number of hydrogen-bond donors (Lipinski definition) is 3. The Hall–Kier alpha value is -3.52. The van der Waals surface area contributed by atoms with Gasteiger partial charge in [-0.05, 0) is 86.4 Å².